The number of benzene rings is 2. The van der Waals surface area contributed by atoms with Crippen molar-refractivity contribution in [2.45, 2.75) is 12.8 Å². The van der Waals surface area contributed by atoms with Gasteiger partial charge in [-0.05, 0) is 24.1 Å². The first kappa shape index (κ1) is 15.1. The van der Waals surface area contributed by atoms with E-state index in [0.29, 0.717) is 5.56 Å². The molecule has 3 heteroatoms. The predicted molar refractivity (Wildman–Crippen MR) is 91.9 cm³/mol. The molecule has 0 bridgehead atoms. The summed E-state index contributed by atoms with van der Waals surface area (Å²) in [5.74, 6) is -0.250. The van der Waals surface area contributed by atoms with E-state index in [1.54, 1.807) is 17.7 Å². The van der Waals surface area contributed by atoms with Gasteiger partial charge in [-0.25, -0.2) is 0 Å². The van der Waals surface area contributed by atoms with Gasteiger partial charge in [0.25, 0.3) is 5.56 Å². The molecule has 0 aliphatic rings. The molecule has 1 aromatic heterocycles. The molecule has 0 saturated heterocycles. The van der Waals surface area contributed by atoms with Crippen LogP contribution in [0.5, 0.6) is 5.75 Å². The normalized spacial score (nSPS) is 10.9. The van der Waals surface area contributed by atoms with Gasteiger partial charge in [0.05, 0.1) is 5.56 Å². The Morgan fingerprint density at radius 1 is 0.913 bits per heavy atom. The summed E-state index contributed by atoms with van der Waals surface area (Å²) in [6.07, 6.45) is 0. The van der Waals surface area contributed by atoms with E-state index >= 15 is 0 Å². The molecule has 1 N–H and O–H groups in total. The van der Waals surface area contributed by atoms with Crippen LogP contribution in [-0.4, -0.2) is 9.67 Å². The molecule has 0 aliphatic heterocycles. The molecule has 0 unspecified atom stereocenters. The van der Waals surface area contributed by atoms with Crippen molar-refractivity contribution in [1.29, 1.82) is 0 Å². The second-order valence-electron chi connectivity index (χ2n) is 5.70. The maximum Gasteiger partial charge on any atom is 0.258 e. The summed E-state index contributed by atoms with van der Waals surface area (Å²) in [4.78, 5) is 12.8. The Balaban J connectivity index is 2.30. The topological polar surface area (TPSA) is 42.2 Å². The van der Waals surface area contributed by atoms with E-state index in [-0.39, 0.29) is 17.2 Å². The first-order chi connectivity index (χ1) is 11.1. The Bertz CT molecular complexity index is 828. The van der Waals surface area contributed by atoms with E-state index in [1.165, 1.54) is 0 Å². The largest absolute Gasteiger partial charge is 0.507 e. The lowest BCUT2D eigenvalue weighted by molar-refractivity contribution is 0.461. The average Bonchev–Trinajstić information content (AvgIpc) is 2.58. The predicted octanol–water partition coefficient (Wildman–Crippen LogP) is 3.58. The fourth-order valence-corrected chi connectivity index (χ4v) is 2.91. The van der Waals surface area contributed by atoms with Gasteiger partial charge in [0.15, 0.2) is 0 Å². The van der Waals surface area contributed by atoms with E-state index in [0.717, 1.165) is 16.8 Å². The van der Waals surface area contributed by atoms with Crippen LogP contribution in [0.15, 0.2) is 71.5 Å². The van der Waals surface area contributed by atoms with Gasteiger partial charge in [-0.2, -0.15) is 0 Å². The number of aromatic hydroxyl groups is 1. The highest BCUT2D eigenvalue weighted by atomic mass is 16.3. The lowest BCUT2D eigenvalue weighted by Crippen LogP contribution is -2.25. The number of pyridine rings is 1. The number of hydrogen-bond donors (Lipinski definition) is 1. The zero-order valence-electron chi connectivity index (χ0n) is 13.2. The highest BCUT2D eigenvalue weighted by Gasteiger charge is 2.24. The van der Waals surface area contributed by atoms with Crippen LogP contribution in [0.25, 0.3) is 0 Å². The molecule has 0 atom stereocenters. The molecule has 0 fully saturated rings. The first-order valence-electron chi connectivity index (χ1n) is 7.59. The van der Waals surface area contributed by atoms with Crippen LogP contribution in [0.3, 0.4) is 0 Å². The lowest BCUT2D eigenvalue weighted by Gasteiger charge is -2.20. The van der Waals surface area contributed by atoms with Gasteiger partial charge in [-0.3, -0.25) is 4.79 Å². The third-order valence-corrected chi connectivity index (χ3v) is 4.24. The summed E-state index contributed by atoms with van der Waals surface area (Å²) >= 11 is 0. The number of nitrogens with zero attached hydrogens (tertiary/aromatic N) is 1. The van der Waals surface area contributed by atoms with Crippen molar-refractivity contribution in [3.05, 3.63) is 99.5 Å². The standard InChI is InChI=1S/C20H19NO2/c1-14-13-17(22)19(20(23)21(14)2)18(15-9-5-3-6-10-15)16-11-7-4-8-12-16/h3-13,18,22H,1-2H3. The van der Waals surface area contributed by atoms with Crippen molar-refractivity contribution in [2.75, 3.05) is 0 Å². The number of rotatable bonds is 3. The van der Waals surface area contributed by atoms with Gasteiger partial charge >= 0.3 is 0 Å². The second kappa shape index (κ2) is 6.13. The molecule has 0 aliphatic carbocycles. The number of aryl methyl sites for hydroxylation is 1. The number of aromatic nitrogens is 1. The van der Waals surface area contributed by atoms with Gasteiger partial charge in [0.2, 0.25) is 0 Å². The van der Waals surface area contributed by atoms with Crippen molar-refractivity contribution in [1.82, 2.24) is 4.57 Å². The monoisotopic (exact) mass is 305 g/mol. The lowest BCUT2D eigenvalue weighted by atomic mass is 9.85. The van der Waals surface area contributed by atoms with Gasteiger partial charge < -0.3 is 9.67 Å². The molecular formula is C20H19NO2. The minimum Gasteiger partial charge on any atom is -0.507 e. The number of hydrogen-bond acceptors (Lipinski definition) is 2. The van der Waals surface area contributed by atoms with Crippen molar-refractivity contribution in [2.24, 2.45) is 7.05 Å². The Kier molecular flexibility index (Phi) is 4.02. The maximum absolute atomic E-state index is 12.8. The fraction of sp³-hybridized carbons (Fsp3) is 0.150. The minimum atomic E-state index is -0.295. The van der Waals surface area contributed by atoms with Gasteiger partial charge in [-0.15, -0.1) is 0 Å². The Labute approximate surface area is 135 Å². The molecule has 0 spiro atoms. The summed E-state index contributed by atoms with van der Waals surface area (Å²) < 4.78 is 1.58. The van der Waals surface area contributed by atoms with Crippen molar-refractivity contribution in [3.63, 3.8) is 0 Å². The van der Waals surface area contributed by atoms with Crippen molar-refractivity contribution in [3.8, 4) is 5.75 Å². The third kappa shape index (κ3) is 2.78. The summed E-state index contributed by atoms with van der Waals surface area (Å²) in [6, 6.07) is 21.2. The molecule has 0 radical (unpaired) electrons. The Morgan fingerprint density at radius 3 is 1.87 bits per heavy atom. The molecule has 1 heterocycles. The Hall–Kier alpha value is -2.81. The van der Waals surface area contributed by atoms with Crippen LogP contribution in [0, 0.1) is 6.92 Å². The second-order valence-corrected chi connectivity index (χ2v) is 5.70. The zero-order chi connectivity index (χ0) is 16.4. The van der Waals surface area contributed by atoms with E-state index < -0.39 is 0 Å². The summed E-state index contributed by atoms with van der Waals surface area (Å²) in [5, 5.41) is 10.5. The molecular weight excluding hydrogens is 286 g/mol. The van der Waals surface area contributed by atoms with Gasteiger partial charge in [-0.1, -0.05) is 60.7 Å². The van der Waals surface area contributed by atoms with E-state index in [2.05, 4.69) is 0 Å². The molecule has 23 heavy (non-hydrogen) atoms. The zero-order valence-corrected chi connectivity index (χ0v) is 13.2. The third-order valence-electron chi connectivity index (χ3n) is 4.24. The molecule has 3 rings (SSSR count). The molecule has 2 aromatic carbocycles. The van der Waals surface area contributed by atoms with Crippen LogP contribution in [0.4, 0.5) is 0 Å². The van der Waals surface area contributed by atoms with Crippen LogP contribution in [0.2, 0.25) is 0 Å². The maximum atomic E-state index is 12.8. The first-order valence-corrected chi connectivity index (χ1v) is 7.59. The minimum absolute atomic E-state index is 0.0447. The van der Waals surface area contributed by atoms with Crippen molar-refractivity contribution < 1.29 is 5.11 Å². The van der Waals surface area contributed by atoms with Gasteiger partial charge in [0, 0.05) is 18.7 Å². The fourth-order valence-electron chi connectivity index (χ4n) is 2.91. The molecule has 0 saturated carbocycles. The quantitative estimate of drug-likeness (QED) is 0.803. The summed E-state index contributed by atoms with van der Waals surface area (Å²) in [6.45, 7) is 1.81. The van der Waals surface area contributed by atoms with Crippen LogP contribution in [0.1, 0.15) is 28.3 Å². The van der Waals surface area contributed by atoms with E-state index in [9.17, 15) is 9.90 Å². The highest BCUT2D eigenvalue weighted by Crippen LogP contribution is 2.34. The molecule has 0 amide bonds. The summed E-state index contributed by atoms with van der Waals surface area (Å²) in [5.41, 5.74) is 2.94. The van der Waals surface area contributed by atoms with Crippen molar-refractivity contribution >= 4 is 0 Å². The van der Waals surface area contributed by atoms with Gasteiger partial charge in [0.1, 0.15) is 5.75 Å². The smallest absolute Gasteiger partial charge is 0.258 e. The Morgan fingerprint density at radius 2 is 1.39 bits per heavy atom. The SMILES string of the molecule is Cc1cc(O)c(C(c2ccccc2)c2ccccc2)c(=O)n1C. The van der Waals surface area contributed by atoms with E-state index in [1.807, 2.05) is 67.6 Å². The molecule has 3 nitrogen and oxygen atoms in total. The molecule has 116 valence electrons. The van der Waals surface area contributed by atoms with E-state index in [4.69, 9.17) is 0 Å². The van der Waals surface area contributed by atoms with Crippen LogP contribution in [-0.2, 0) is 7.05 Å². The van der Waals surface area contributed by atoms with Crippen LogP contribution < -0.4 is 5.56 Å². The average molecular weight is 305 g/mol. The highest BCUT2D eigenvalue weighted by molar-refractivity contribution is 5.48. The summed E-state index contributed by atoms with van der Waals surface area (Å²) in [7, 11) is 1.73. The molecule has 3 aromatic rings. The van der Waals surface area contributed by atoms with Crippen LogP contribution >= 0.6 is 0 Å².